The highest BCUT2D eigenvalue weighted by molar-refractivity contribution is 4.87. The average Bonchev–Trinajstić information content (AvgIpc) is 2.35. The van der Waals surface area contributed by atoms with Crippen LogP contribution in [0.4, 0.5) is 0 Å². The van der Waals surface area contributed by atoms with Crippen LogP contribution >= 0.6 is 0 Å². The van der Waals surface area contributed by atoms with Gasteiger partial charge in [-0.2, -0.15) is 0 Å². The number of likely N-dealkylation sites (N-methyl/N-ethyl adjacent to an activating group) is 1. The van der Waals surface area contributed by atoms with E-state index in [0.717, 1.165) is 18.0 Å². The molecule has 19 heavy (non-hydrogen) atoms. The Morgan fingerprint density at radius 2 is 1.53 bits per heavy atom. The molecule has 1 saturated carbocycles. The molecule has 0 amide bonds. The zero-order chi connectivity index (χ0) is 14.0. The molecule has 0 aromatic carbocycles. The van der Waals surface area contributed by atoms with Gasteiger partial charge in [-0.1, -0.05) is 20.8 Å². The summed E-state index contributed by atoms with van der Waals surface area (Å²) in [6.45, 7) is 17.1. The van der Waals surface area contributed by atoms with Crippen molar-refractivity contribution < 1.29 is 0 Å². The summed E-state index contributed by atoms with van der Waals surface area (Å²) in [5.41, 5.74) is 0.606. The molecule has 0 aromatic rings. The molecule has 2 rings (SSSR count). The molecule has 1 heterocycles. The lowest BCUT2D eigenvalue weighted by Crippen LogP contribution is -2.57. The van der Waals surface area contributed by atoms with Gasteiger partial charge in [0, 0.05) is 31.7 Å². The van der Waals surface area contributed by atoms with E-state index in [0.29, 0.717) is 5.41 Å². The van der Waals surface area contributed by atoms with Crippen LogP contribution in [0, 0.1) is 11.3 Å². The van der Waals surface area contributed by atoms with Gasteiger partial charge in [-0.25, -0.2) is 0 Å². The largest absolute Gasteiger partial charge is 0.301 e. The van der Waals surface area contributed by atoms with Crippen molar-refractivity contribution >= 4 is 0 Å². The second kappa shape index (κ2) is 6.13. The molecular formula is C17H34N2. The lowest BCUT2D eigenvalue weighted by Gasteiger charge is -2.46. The van der Waals surface area contributed by atoms with Gasteiger partial charge >= 0.3 is 0 Å². The fourth-order valence-corrected chi connectivity index (χ4v) is 4.02. The monoisotopic (exact) mass is 266 g/mol. The maximum atomic E-state index is 2.79. The van der Waals surface area contributed by atoms with Gasteiger partial charge in [0.05, 0.1) is 0 Å². The van der Waals surface area contributed by atoms with E-state index in [1.807, 2.05) is 0 Å². The predicted octanol–water partition coefficient (Wildman–Crippen LogP) is 3.62. The van der Waals surface area contributed by atoms with Crippen molar-refractivity contribution in [3.05, 3.63) is 0 Å². The third-order valence-corrected chi connectivity index (χ3v) is 5.55. The number of hydrogen-bond donors (Lipinski definition) is 0. The maximum absolute atomic E-state index is 2.79. The van der Waals surface area contributed by atoms with E-state index in [2.05, 4.69) is 44.4 Å². The zero-order valence-corrected chi connectivity index (χ0v) is 13.8. The number of rotatable bonds is 3. The van der Waals surface area contributed by atoms with E-state index in [4.69, 9.17) is 0 Å². The molecule has 1 aliphatic heterocycles. The summed E-state index contributed by atoms with van der Waals surface area (Å²) in [6.07, 6.45) is 5.74. The summed E-state index contributed by atoms with van der Waals surface area (Å²) >= 11 is 0. The highest BCUT2D eigenvalue weighted by atomic mass is 15.3. The summed E-state index contributed by atoms with van der Waals surface area (Å²) in [4.78, 5) is 5.39. The summed E-state index contributed by atoms with van der Waals surface area (Å²) < 4.78 is 0. The van der Waals surface area contributed by atoms with E-state index in [1.165, 1.54) is 51.9 Å². The van der Waals surface area contributed by atoms with E-state index < -0.39 is 0 Å². The number of piperazine rings is 1. The van der Waals surface area contributed by atoms with Crippen molar-refractivity contribution in [2.75, 3.05) is 26.2 Å². The average molecular weight is 266 g/mol. The van der Waals surface area contributed by atoms with Crippen LogP contribution in [0.5, 0.6) is 0 Å². The topological polar surface area (TPSA) is 6.48 Å². The van der Waals surface area contributed by atoms with Crippen molar-refractivity contribution in [2.45, 2.75) is 72.4 Å². The first-order valence-electron chi connectivity index (χ1n) is 8.39. The molecule has 0 aromatic heterocycles. The minimum atomic E-state index is 0.606. The van der Waals surface area contributed by atoms with Crippen LogP contribution in [0.15, 0.2) is 0 Å². The standard InChI is InChI=1S/C17H34N2/c1-6-18-11-14(2)19(15(3)12-18)13-16-7-9-17(4,5)10-8-16/h14-16H,6-13H2,1-5H3/t14-,15-/m0/s1. The SMILES string of the molecule is CCN1C[C@H](C)N(CC2CCC(C)(C)CC2)[C@@H](C)C1. The lowest BCUT2D eigenvalue weighted by atomic mass is 9.73. The first-order valence-corrected chi connectivity index (χ1v) is 8.39. The Kier molecular flexibility index (Phi) is 4.94. The van der Waals surface area contributed by atoms with E-state index in [-0.39, 0.29) is 0 Å². The minimum absolute atomic E-state index is 0.606. The Bertz CT molecular complexity index is 265. The van der Waals surface area contributed by atoms with Gasteiger partial charge in [0.1, 0.15) is 0 Å². The highest BCUT2D eigenvalue weighted by Crippen LogP contribution is 2.38. The fraction of sp³-hybridized carbons (Fsp3) is 1.00. The van der Waals surface area contributed by atoms with Gasteiger partial charge in [0.15, 0.2) is 0 Å². The minimum Gasteiger partial charge on any atom is -0.301 e. The summed E-state index contributed by atoms with van der Waals surface area (Å²) in [7, 11) is 0. The second-order valence-electron chi connectivity index (χ2n) is 7.85. The van der Waals surface area contributed by atoms with Gasteiger partial charge in [-0.3, -0.25) is 4.90 Å². The molecule has 2 nitrogen and oxygen atoms in total. The molecule has 0 radical (unpaired) electrons. The van der Waals surface area contributed by atoms with Crippen LogP contribution in [0.25, 0.3) is 0 Å². The van der Waals surface area contributed by atoms with Crippen LogP contribution in [-0.4, -0.2) is 48.1 Å². The van der Waals surface area contributed by atoms with Crippen molar-refractivity contribution in [3.8, 4) is 0 Å². The molecule has 2 heteroatoms. The normalized spacial score (nSPS) is 34.6. The van der Waals surface area contributed by atoms with E-state index >= 15 is 0 Å². The molecule has 2 atom stereocenters. The van der Waals surface area contributed by atoms with Gasteiger partial charge in [-0.15, -0.1) is 0 Å². The Labute approximate surface area is 120 Å². The Morgan fingerprint density at radius 1 is 1.00 bits per heavy atom. The third kappa shape index (κ3) is 3.95. The molecule has 0 N–H and O–H groups in total. The molecule has 1 saturated heterocycles. The lowest BCUT2D eigenvalue weighted by molar-refractivity contribution is 0.0198. The first kappa shape index (κ1) is 15.3. The van der Waals surface area contributed by atoms with Gasteiger partial charge in [-0.05, 0) is 57.4 Å². The van der Waals surface area contributed by atoms with Crippen molar-refractivity contribution in [1.29, 1.82) is 0 Å². The Balaban J connectivity index is 1.85. The first-order chi connectivity index (χ1) is 8.91. The highest BCUT2D eigenvalue weighted by Gasteiger charge is 2.33. The van der Waals surface area contributed by atoms with E-state index in [9.17, 15) is 0 Å². The quantitative estimate of drug-likeness (QED) is 0.770. The number of nitrogens with zero attached hydrogens (tertiary/aromatic N) is 2. The molecule has 0 spiro atoms. The zero-order valence-electron chi connectivity index (χ0n) is 13.8. The van der Waals surface area contributed by atoms with Gasteiger partial charge in [0.25, 0.3) is 0 Å². The molecular weight excluding hydrogens is 232 g/mol. The van der Waals surface area contributed by atoms with Crippen LogP contribution in [-0.2, 0) is 0 Å². The molecule has 0 unspecified atom stereocenters. The van der Waals surface area contributed by atoms with Crippen LogP contribution in [0.1, 0.15) is 60.3 Å². The molecule has 1 aliphatic carbocycles. The smallest absolute Gasteiger partial charge is 0.0198 e. The number of hydrogen-bond acceptors (Lipinski definition) is 2. The van der Waals surface area contributed by atoms with Crippen LogP contribution in [0.3, 0.4) is 0 Å². The van der Waals surface area contributed by atoms with Gasteiger partial charge in [0.2, 0.25) is 0 Å². The fourth-order valence-electron chi connectivity index (χ4n) is 4.02. The van der Waals surface area contributed by atoms with Crippen molar-refractivity contribution in [1.82, 2.24) is 9.80 Å². The summed E-state index contributed by atoms with van der Waals surface area (Å²) in [5.74, 6) is 0.950. The Hall–Kier alpha value is -0.0800. The van der Waals surface area contributed by atoms with Crippen LogP contribution < -0.4 is 0 Å². The van der Waals surface area contributed by atoms with Crippen molar-refractivity contribution in [3.63, 3.8) is 0 Å². The second-order valence-corrected chi connectivity index (χ2v) is 7.85. The molecule has 112 valence electrons. The maximum Gasteiger partial charge on any atom is 0.0198 e. The molecule has 2 aliphatic rings. The summed E-state index contributed by atoms with van der Waals surface area (Å²) in [6, 6.07) is 1.47. The molecule has 2 fully saturated rings. The van der Waals surface area contributed by atoms with Crippen LogP contribution in [0.2, 0.25) is 0 Å². The third-order valence-electron chi connectivity index (χ3n) is 5.55. The van der Waals surface area contributed by atoms with E-state index in [1.54, 1.807) is 0 Å². The summed E-state index contributed by atoms with van der Waals surface area (Å²) in [5, 5.41) is 0. The van der Waals surface area contributed by atoms with Gasteiger partial charge < -0.3 is 4.90 Å². The Morgan fingerprint density at radius 3 is 2.00 bits per heavy atom. The molecule has 0 bridgehead atoms. The van der Waals surface area contributed by atoms with Crippen molar-refractivity contribution in [2.24, 2.45) is 11.3 Å². The predicted molar refractivity (Wildman–Crippen MR) is 83.5 cm³/mol.